The van der Waals surface area contributed by atoms with Gasteiger partial charge in [0.1, 0.15) is 18.2 Å². The molecule has 1 aromatic carbocycles. The monoisotopic (exact) mass is 323 g/mol. The molecule has 4 heteroatoms. The van der Waals surface area contributed by atoms with Gasteiger partial charge in [-0.2, -0.15) is 0 Å². The van der Waals surface area contributed by atoms with Crippen LogP contribution in [0, 0.1) is 6.92 Å². The number of para-hydroxylation sites is 1. The predicted octanol–water partition coefficient (Wildman–Crippen LogP) is 3.38. The maximum absolute atomic E-state index is 5.90. The first kappa shape index (κ1) is 15.5. The molecular formula is C20H25N3O. The summed E-state index contributed by atoms with van der Waals surface area (Å²) in [7, 11) is 2.11. The van der Waals surface area contributed by atoms with Gasteiger partial charge in [-0.15, -0.1) is 0 Å². The van der Waals surface area contributed by atoms with Crippen molar-refractivity contribution in [3.8, 4) is 5.75 Å². The molecule has 2 aliphatic heterocycles. The average Bonchev–Trinajstić information content (AvgIpc) is 2.93. The van der Waals surface area contributed by atoms with Crippen molar-refractivity contribution < 1.29 is 4.74 Å². The van der Waals surface area contributed by atoms with E-state index in [0.717, 1.165) is 24.5 Å². The van der Waals surface area contributed by atoms with E-state index < -0.39 is 0 Å². The quantitative estimate of drug-likeness (QED) is 0.867. The fraction of sp³-hybridized carbons (Fsp3) is 0.450. The van der Waals surface area contributed by atoms with Crippen LogP contribution in [-0.4, -0.2) is 40.7 Å². The Morgan fingerprint density at radius 2 is 2.17 bits per heavy atom. The fourth-order valence-electron chi connectivity index (χ4n) is 3.97. The molecule has 2 aliphatic rings. The molecule has 1 fully saturated rings. The highest BCUT2D eigenvalue weighted by atomic mass is 16.5. The smallest absolute Gasteiger partial charge is 0.127 e. The van der Waals surface area contributed by atoms with Gasteiger partial charge >= 0.3 is 0 Å². The van der Waals surface area contributed by atoms with E-state index in [4.69, 9.17) is 9.72 Å². The van der Waals surface area contributed by atoms with Crippen molar-refractivity contribution >= 4 is 6.08 Å². The van der Waals surface area contributed by atoms with Crippen molar-refractivity contribution in [2.45, 2.75) is 25.7 Å². The summed E-state index contributed by atoms with van der Waals surface area (Å²) in [5, 5.41) is 0. The van der Waals surface area contributed by atoms with E-state index in [0.29, 0.717) is 12.5 Å². The molecule has 4 rings (SSSR count). The number of likely N-dealkylation sites (tertiary alicyclic amines) is 1. The molecule has 126 valence electrons. The van der Waals surface area contributed by atoms with E-state index in [1.807, 2.05) is 12.1 Å². The summed E-state index contributed by atoms with van der Waals surface area (Å²) >= 11 is 0. The maximum Gasteiger partial charge on any atom is 0.127 e. The van der Waals surface area contributed by atoms with Gasteiger partial charge in [0, 0.05) is 37.8 Å². The molecule has 24 heavy (non-hydrogen) atoms. The Morgan fingerprint density at radius 1 is 1.29 bits per heavy atom. The van der Waals surface area contributed by atoms with Gasteiger partial charge < -0.3 is 9.30 Å². The maximum atomic E-state index is 5.90. The van der Waals surface area contributed by atoms with E-state index in [-0.39, 0.29) is 0 Å². The molecular weight excluding hydrogens is 298 g/mol. The minimum absolute atomic E-state index is 0.537. The summed E-state index contributed by atoms with van der Waals surface area (Å²) in [6, 6.07) is 8.27. The third-order valence-electron chi connectivity index (χ3n) is 5.02. The van der Waals surface area contributed by atoms with Crippen molar-refractivity contribution in [2.75, 3.05) is 26.2 Å². The van der Waals surface area contributed by atoms with Crippen LogP contribution in [0.4, 0.5) is 0 Å². The largest absolute Gasteiger partial charge is 0.489 e. The summed E-state index contributed by atoms with van der Waals surface area (Å²) < 4.78 is 8.10. The van der Waals surface area contributed by atoms with E-state index in [2.05, 4.69) is 47.8 Å². The van der Waals surface area contributed by atoms with Crippen LogP contribution in [0.15, 0.2) is 36.0 Å². The molecule has 0 unspecified atom stereocenters. The molecule has 1 aromatic heterocycles. The number of hydrogen-bond acceptors (Lipinski definition) is 3. The molecule has 2 aromatic rings. The van der Waals surface area contributed by atoms with Gasteiger partial charge in [-0.3, -0.25) is 4.90 Å². The Morgan fingerprint density at radius 3 is 3.00 bits per heavy atom. The number of ether oxygens (including phenoxy) is 1. The Bertz CT molecular complexity index is 762. The fourth-order valence-corrected chi connectivity index (χ4v) is 3.97. The molecule has 0 aliphatic carbocycles. The van der Waals surface area contributed by atoms with Crippen molar-refractivity contribution in [1.82, 2.24) is 14.5 Å². The van der Waals surface area contributed by atoms with Crippen LogP contribution in [-0.2, 0) is 7.05 Å². The molecule has 0 saturated carbocycles. The third kappa shape index (κ3) is 3.11. The SMILES string of the molecule is Cc1cn(C)c([C@H]2CCCN(CC3=Cc4ccccc4OC3)C2)n1. The number of rotatable bonds is 3. The molecule has 0 radical (unpaired) electrons. The van der Waals surface area contributed by atoms with Gasteiger partial charge in [-0.05, 0) is 44.0 Å². The summed E-state index contributed by atoms with van der Waals surface area (Å²) in [6.45, 7) is 6.03. The summed E-state index contributed by atoms with van der Waals surface area (Å²) in [5.74, 6) is 2.77. The van der Waals surface area contributed by atoms with Crippen LogP contribution in [0.3, 0.4) is 0 Å². The Labute approximate surface area is 143 Å². The minimum atomic E-state index is 0.537. The van der Waals surface area contributed by atoms with Gasteiger partial charge in [-0.25, -0.2) is 4.98 Å². The predicted molar refractivity (Wildman–Crippen MR) is 96.3 cm³/mol. The molecule has 1 saturated heterocycles. The van der Waals surface area contributed by atoms with Gasteiger partial charge in [0.2, 0.25) is 0 Å². The lowest BCUT2D eigenvalue weighted by Gasteiger charge is -2.33. The normalized spacial score (nSPS) is 21.1. The number of nitrogens with zero attached hydrogens (tertiary/aromatic N) is 3. The van der Waals surface area contributed by atoms with Crippen LogP contribution < -0.4 is 4.74 Å². The Hall–Kier alpha value is -2.07. The zero-order valence-electron chi connectivity index (χ0n) is 14.5. The minimum Gasteiger partial charge on any atom is -0.489 e. The number of aromatic nitrogens is 2. The number of fused-ring (bicyclic) bond motifs is 1. The van der Waals surface area contributed by atoms with Gasteiger partial charge in [0.15, 0.2) is 0 Å². The molecule has 0 amide bonds. The second-order valence-electron chi connectivity index (χ2n) is 7.05. The van der Waals surface area contributed by atoms with E-state index >= 15 is 0 Å². The van der Waals surface area contributed by atoms with Crippen LogP contribution in [0.2, 0.25) is 0 Å². The zero-order valence-corrected chi connectivity index (χ0v) is 14.5. The molecule has 0 N–H and O–H groups in total. The summed E-state index contributed by atoms with van der Waals surface area (Å²) in [5.41, 5.74) is 3.68. The van der Waals surface area contributed by atoms with Crippen LogP contribution >= 0.6 is 0 Å². The number of imidazole rings is 1. The Kier molecular flexibility index (Phi) is 4.15. The molecule has 0 bridgehead atoms. The third-order valence-corrected chi connectivity index (χ3v) is 5.02. The first-order valence-corrected chi connectivity index (χ1v) is 8.82. The van der Waals surface area contributed by atoms with Crippen molar-refractivity contribution in [1.29, 1.82) is 0 Å². The first-order valence-electron chi connectivity index (χ1n) is 8.82. The highest BCUT2D eigenvalue weighted by Gasteiger charge is 2.25. The van der Waals surface area contributed by atoms with Crippen LogP contribution in [0.25, 0.3) is 6.08 Å². The molecule has 0 spiro atoms. The highest BCUT2D eigenvalue weighted by molar-refractivity contribution is 5.62. The number of aryl methyl sites for hydroxylation is 2. The zero-order chi connectivity index (χ0) is 16.5. The van der Waals surface area contributed by atoms with Gasteiger partial charge in [-0.1, -0.05) is 18.2 Å². The topological polar surface area (TPSA) is 30.3 Å². The lowest BCUT2D eigenvalue weighted by atomic mass is 9.96. The van der Waals surface area contributed by atoms with E-state index in [9.17, 15) is 0 Å². The van der Waals surface area contributed by atoms with Crippen molar-refractivity contribution in [2.24, 2.45) is 7.05 Å². The summed E-state index contributed by atoms with van der Waals surface area (Å²) in [4.78, 5) is 7.30. The Balaban J connectivity index is 1.46. The lowest BCUT2D eigenvalue weighted by molar-refractivity contribution is 0.210. The first-order chi connectivity index (χ1) is 11.7. The molecule has 4 nitrogen and oxygen atoms in total. The second kappa shape index (κ2) is 6.44. The molecule has 3 heterocycles. The summed E-state index contributed by atoms with van der Waals surface area (Å²) in [6.07, 6.45) is 6.90. The van der Waals surface area contributed by atoms with E-state index in [1.54, 1.807) is 0 Å². The van der Waals surface area contributed by atoms with Crippen LogP contribution in [0.5, 0.6) is 5.75 Å². The number of hydrogen-bond donors (Lipinski definition) is 0. The molecule has 1 atom stereocenters. The highest BCUT2D eigenvalue weighted by Crippen LogP contribution is 2.29. The van der Waals surface area contributed by atoms with Gasteiger partial charge in [0.05, 0.1) is 5.69 Å². The number of piperidine rings is 1. The van der Waals surface area contributed by atoms with Crippen molar-refractivity contribution in [3.05, 3.63) is 53.1 Å². The second-order valence-corrected chi connectivity index (χ2v) is 7.05. The van der Waals surface area contributed by atoms with Gasteiger partial charge in [0.25, 0.3) is 0 Å². The standard InChI is InChI=1S/C20H25N3O/c1-15-11-22(2)20(21-15)18-7-5-9-23(13-18)12-16-10-17-6-3-4-8-19(17)24-14-16/h3-4,6,8,10-11,18H,5,7,9,12-14H2,1-2H3/t18-/m0/s1. The van der Waals surface area contributed by atoms with Crippen LogP contribution in [0.1, 0.15) is 35.8 Å². The average molecular weight is 323 g/mol. The number of benzene rings is 1. The van der Waals surface area contributed by atoms with E-state index in [1.165, 1.54) is 36.3 Å². The lowest BCUT2D eigenvalue weighted by Crippen LogP contribution is -2.37. The van der Waals surface area contributed by atoms with Crippen molar-refractivity contribution in [3.63, 3.8) is 0 Å².